The third-order valence-corrected chi connectivity index (χ3v) is 3.13. The third-order valence-electron chi connectivity index (χ3n) is 3.13. The molecule has 4 heteroatoms. The summed E-state index contributed by atoms with van der Waals surface area (Å²) in [7, 11) is 0. The number of benzene rings is 1. The molecule has 0 saturated heterocycles. The van der Waals surface area contributed by atoms with Crippen LogP contribution in [-0.2, 0) is 20.3 Å². The summed E-state index contributed by atoms with van der Waals surface area (Å²) >= 11 is 0. The molecule has 0 unspecified atom stereocenters. The molecule has 0 saturated carbocycles. The van der Waals surface area contributed by atoms with Gasteiger partial charge in [0.15, 0.2) is 5.75 Å². The van der Waals surface area contributed by atoms with Crippen molar-refractivity contribution in [1.82, 2.24) is 0 Å². The van der Waals surface area contributed by atoms with E-state index in [2.05, 4.69) is 13.8 Å². The molecule has 0 spiro atoms. The number of unbranched alkanes of at least 4 members (excludes halogenated alkanes) is 2. The normalized spacial score (nSPS) is 11.6. The van der Waals surface area contributed by atoms with Gasteiger partial charge in [0.25, 0.3) is 0 Å². The summed E-state index contributed by atoms with van der Waals surface area (Å²) in [5.41, 5.74) is 0.537. The van der Waals surface area contributed by atoms with Gasteiger partial charge < -0.3 is 4.89 Å². The van der Waals surface area contributed by atoms with E-state index in [1.165, 1.54) is 0 Å². The molecule has 0 aliphatic rings. The molecule has 120 valence electrons. The first-order chi connectivity index (χ1) is 10.1. The highest BCUT2D eigenvalue weighted by atomic mass is 17.2. The van der Waals surface area contributed by atoms with Gasteiger partial charge in [0.05, 0.1) is 13.2 Å². The average molecular weight is 296 g/mol. The molecule has 0 aliphatic heterocycles. The van der Waals surface area contributed by atoms with Gasteiger partial charge in [-0.05, 0) is 44.4 Å². The molecule has 4 nitrogen and oxygen atoms in total. The van der Waals surface area contributed by atoms with Crippen molar-refractivity contribution in [3.63, 3.8) is 0 Å². The van der Waals surface area contributed by atoms with Crippen LogP contribution in [0.15, 0.2) is 24.3 Å². The van der Waals surface area contributed by atoms with Crippen molar-refractivity contribution in [3.8, 4) is 5.75 Å². The molecule has 0 aliphatic carbocycles. The van der Waals surface area contributed by atoms with Crippen LogP contribution >= 0.6 is 0 Å². The van der Waals surface area contributed by atoms with Gasteiger partial charge in [-0.25, -0.2) is 9.78 Å². The predicted molar refractivity (Wildman–Crippen MR) is 82.9 cm³/mol. The van der Waals surface area contributed by atoms with Gasteiger partial charge in [-0.15, -0.1) is 0 Å². The summed E-state index contributed by atoms with van der Waals surface area (Å²) in [5, 5.41) is 0. The maximum absolute atomic E-state index is 5.50. The predicted octanol–water partition coefficient (Wildman–Crippen LogP) is 4.78. The van der Waals surface area contributed by atoms with E-state index in [4.69, 9.17) is 19.6 Å². The highest BCUT2D eigenvalue weighted by molar-refractivity contribution is 5.29. The largest absolute Gasteiger partial charge is 0.338 e. The Morgan fingerprint density at radius 2 is 1.43 bits per heavy atom. The van der Waals surface area contributed by atoms with Gasteiger partial charge in [0.1, 0.15) is 5.60 Å². The minimum absolute atomic E-state index is 0.491. The topological polar surface area (TPSA) is 36.9 Å². The Balaban J connectivity index is 2.43. The van der Waals surface area contributed by atoms with Gasteiger partial charge in [-0.1, -0.05) is 38.8 Å². The minimum Gasteiger partial charge on any atom is -0.338 e. The maximum Gasteiger partial charge on any atom is 0.165 e. The Kier molecular flexibility index (Phi) is 8.35. The molecule has 0 fully saturated rings. The highest BCUT2D eigenvalue weighted by Gasteiger charge is 2.22. The van der Waals surface area contributed by atoms with Crippen LogP contribution in [0.5, 0.6) is 5.75 Å². The summed E-state index contributed by atoms with van der Waals surface area (Å²) in [6, 6.07) is 7.67. The Hall–Kier alpha value is -1.10. The van der Waals surface area contributed by atoms with Gasteiger partial charge in [-0.3, -0.25) is 0 Å². The zero-order chi connectivity index (χ0) is 15.6. The van der Waals surface area contributed by atoms with E-state index in [0.29, 0.717) is 19.0 Å². The zero-order valence-electron chi connectivity index (χ0n) is 13.7. The first kappa shape index (κ1) is 18.0. The van der Waals surface area contributed by atoms with Crippen molar-refractivity contribution in [3.05, 3.63) is 29.8 Å². The molecule has 0 bridgehead atoms. The number of rotatable bonds is 11. The second kappa shape index (κ2) is 9.77. The summed E-state index contributed by atoms with van der Waals surface area (Å²) in [5.74, 6) is 0.692. The zero-order valence-corrected chi connectivity index (χ0v) is 13.7. The fourth-order valence-electron chi connectivity index (χ4n) is 1.67. The Morgan fingerprint density at radius 3 is 2.00 bits per heavy atom. The van der Waals surface area contributed by atoms with Crippen molar-refractivity contribution in [1.29, 1.82) is 0 Å². The lowest BCUT2D eigenvalue weighted by molar-refractivity contribution is -0.358. The van der Waals surface area contributed by atoms with Crippen LogP contribution in [0.4, 0.5) is 0 Å². The molecule has 0 radical (unpaired) electrons. The van der Waals surface area contributed by atoms with E-state index in [1.807, 2.05) is 38.1 Å². The van der Waals surface area contributed by atoms with Gasteiger partial charge >= 0.3 is 0 Å². The molecule has 1 aromatic rings. The van der Waals surface area contributed by atoms with Crippen molar-refractivity contribution >= 4 is 0 Å². The molecular formula is C17H28O4. The lowest BCUT2D eigenvalue weighted by Gasteiger charge is -2.24. The van der Waals surface area contributed by atoms with Crippen LogP contribution < -0.4 is 4.89 Å². The molecule has 21 heavy (non-hydrogen) atoms. The van der Waals surface area contributed by atoms with Crippen molar-refractivity contribution < 1.29 is 19.6 Å². The second-order valence-electron chi connectivity index (χ2n) is 5.55. The quantitative estimate of drug-likeness (QED) is 0.334. The van der Waals surface area contributed by atoms with Crippen LogP contribution in [0.1, 0.15) is 58.9 Å². The molecule has 0 N–H and O–H groups in total. The fraction of sp³-hybridized carbons (Fsp3) is 0.647. The van der Waals surface area contributed by atoms with E-state index >= 15 is 0 Å². The first-order valence-corrected chi connectivity index (χ1v) is 7.80. The van der Waals surface area contributed by atoms with E-state index in [-0.39, 0.29) is 0 Å². The van der Waals surface area contributed by atoms with Crippen LogP contribution in [0.25, 0.3) is 0 Å². The highest BCUT2D eigenvalue weighted by Crippen LogP contribution is 2.27. The van der Waals surface area contributed by atoms with Gasteiger partial charge in [0.2, 0.25) is 0 Å². The molecule has 0 amide bonds. The van der Waals surface area contributed by atoms with E-state index in [0.717, 1.165) is 31.2 Å². The fourth-order valence-corrected chi connectivity index (χ4v) is 1.67. The minimum atomic E-state index is -0.491. The molecule has 1 aromatic carbocycles. The Morgan fingerprint density at radius 1 is 0.857 bits per heavy atom. The SMILES string of the molecule is CCCCOOc1ccc(C(C)(C)OOCCCC)cc1. The number of hydrogen-bond donors (Lipinski definition) is 0. The van der Waals surface area contributed by atoms with E-state index in [1.54, 1.807) is 0 Å². The molecule has 0 aromatic heterocycles. The van der Waals surface area contributed by atoms with Gasteiger partial charge in [0, 0.05) is 0 Å². The molecule has 0 atom stereocenters. The maximum atomic E-state index is 5.50. The third kappa shape index (κ3) is 6.93. The van der Waals surface area contributed by atoms with E-state index in [9.17, 15) is 0 Å². The van der Waals surface area contributed by atoms with E-state index < -0.39 is 5.60 Å². The van der Waals surface area contributed by atoms with Crippen molar-refractivity contribution in [2.45, 2.75) is 59.0 Å². The molecule has 0 heterocycles. The lowest BCUT2D eigenvalue weighted by atomic mass is 9.98. The van der Waals surface area contributed by atoms with Crippen LogP contribution in [0.3, 0.4) is 0 Å². The van der Waals surface area contributed by atoms with Crippen molar-refractivity contribution in [2.24, 2.45) is 0 Å². The summed E-state index contributed by atoms with van der Waals surface area (Å²) in [6.07, 6.45) is 4.17. The van der Waals surface area contributed by atoms with Crippen LogP contribution in [0.2, 0.25) is 0 Å². The van der Waals surface area contributed by atoms with Crippen LogP contribution in [-0.4, -0.2) is 13.2 Å². The first-order valence-electron chi connectivity index (χ1n) is 7.80. The Labute approximate surface area is 128 Å². The Bertz CT molecular complexity index is 373. The summed E-state index contributed by atoms with van der Waals surface area (Å²) < 4.78 is 0. The standard InChI is InChI=1S/C17H28O4/c1-5-7-13-18-20-16-11-9-15(10-12-16)17(3,4)21-19-14-8-6-2/h9-12H,5-8,13-14H2,1-4H3. The second-order valence-corrected chi connectivity index (χ2v) is 5.55. The molecule has 1 rings (SSSR count). The number of hydrogen-bond acceptors (Lipinski definition) is 4. The monoisotopic (exact) mass is 296 g/mol. The summed E-state index contributed by atoms with van der Waals surface area (Å²) in [6.45, 7) is 9.42. The summed E-state index contributed by atoms with van der Waals surface area (Å²) in [4.78, 5) is 21.1. The smallest absolute Gasteiger partial charge is 0.165 e. The van der Waals surface area contributed by atoms with Crippen molar-refractivity contribution in [2.75, 3.05) is 13.2 Å². The van der Waals surface area contributed by atoms with Gasteiger partial charge in [-0.2, -0.15) is 4.89 Å². The molecular weight excluding hydrogens is 268 g/mol. The van der Waals surface area contributed by atoms with Crippen LogP contribution in [0, 0.1) is 0 Å². The average Bonchev–Trinajstić information content (AvgIpc) is 2.49. The lowest BCUT2D eigenvalue weighted by Crippen LogP contribution is -2.22.